The van der Waals surface area contributed by atoms with Gasteiger partial charge in [-0.25, -0.2) is 0 Å². The lowest BCUT2D eigenvalue weighted by Gasteiger charge is -2.29. The number of furan rings is 1. The molecule has 0 radical (unpaired) electrons. The lowest BCUT2D eigenvalue weighted by Crippen LogP contribution is -2.38. The van der Waals surface area contributed by atoms with Crippen LogP contribution in [0.4, 0.5) is 0 Å². The average Bonchev–Trinajstić information content (AvgIpc) is 2.97. The number of benzene rings is 1. The maximum Gasteiger partial charge on any atom is 0.307 e. The smallest absolute Gasteiger partial charge is 0.307 e. The molecule has 4 nitrogen and oxygen atoms in total. The summed E-state index contributed by atoms with van der Waals surface area (Å²) in [5, 5.41) is 9.12. The van der Waals surface area contributed by atoms with Gasteiger partial charge in [-0.05, 0) is 31.5 Å². The summed E-state index contributed by atoms with van der Waals surface area (Å²) in [6.45, 7) is 2.22. The summed E-state index contributed by atoms with van der Waals surface area (Å²) in [7, 11) is 0. The predicted octanol–water partition coefficient (Wildman–Crippen LogP) is 3.24. The zero-order valence-corrected chi connectivity index (χ0v) is 11.9. The highest BCUT2D eigenvalue weighted by molar-refractivity contribution is 5.70. The Morgan fingerprint density at radius 2 is 2.05 bits per heavy atom. The van der Waals surface area contributed by atoms with Crippen molar-refractivity contribution in [2.75, 3.05) is 13.1 Å². The zero-order valence-electron chi connectivity index (χ0n) is 11.9. The van der Waals surface area contributed by atoms with Gasteiger partial charge in [0.1, 0.15) is 11.5 Å². The Hall–Kier alpha value is -2.07. The maximum absolute atomic E-state index is 11.1. The zero-order chi connectivity index (χ0) is 14.7. The van der Waals surface area contributed by atoms with Crippen molar-refractivity contribution in [1.82, 2.24) is 4.90 Å². The molecular formula is C17H19NO3. The first-order valence-electron chi connectivity index (χ1n) is 7.31. The van der Waals surface area contributed by atoms with Crippen LogP contribution in [0, 0.1) is 5.92 Å². The summed E-state index contributed by atoms with van der Waals surface area (Å²) in [6, 6.07) is 13.9. The van der Waals surface area contributed by atoms with Crippen molar-refractivity contribution in [2.24, 2.45) is 5.92 Å². The van der Waals surface area contributed by atoms with Crippen molar-refractivity contribution in [1.29, 1.82) is 0 Å². The third-order valence-electron chi connectivity index (χ3n) is 3.95. The summed E-state index contributed by atoms with van der Waals surface area (Å²) in [5.74, 6) is 0.809. The fraction of sp³-hybridized carbons (Fsp3) is 0.353. The second kappa shape index (κ2) is 6.14. The summed E-state index contributed by atoms with van der Waals surface area (Å²) >= 11 is 0. The Morgan fingerprint density at radius 1 is 1.24 bits per heavy atom. The normalized spacial score (nSPS) is 19.5. The number of carboxylic acid groups (broad SMARTS) is 1. The van der Waals surface area contributed by atoms with E-state index in [1.165, 1.54) is 0 Å². The van der Waals surface area contributed by atoms with Crippen molar-refractivity contribution in [3.05, 3.63) is 48.2 Å². The van der Waals surface area contributed by atoms with Crippen LogP contribution in [0.15, 0.2) is 46.9 Å². The number of aliphatic carboxylic acids is 1. The molecule has 1 unspecified atom stereocenters. The Balaban J connectivity index is 1.66. The summed E-state index contributed by atoms with van der Waals surface area (Å²) in [5.41, 5.74) is 1.06. The summed E-state index contributed by atoms with van der Waals surface area (Å²) < 4.78 is 5.88. The van der Waals surface area contributed by atoms with E-state index in [1.807, 2.05) is 42.5 Å². The molecule has 1 aromatic carbocycles. The third-order valence-corrected chi connectivity index (χ3v) is 3.95. The molecule has 0 saturated carbocycles. The van der Waals surface area contributed by atoms with Crippen molar-refractivity contribution < 1.29 is 14.3 Å². The van der Waals surface area contributed by atoms with Gasteiger partial charge in [-0.2, -0.15) is 0 Å². The number of carboxylic acids is 1. The molecule has 2 heterocycles. The van der Waals surface area contributed by atoms with Gasteiger partial charge < -0.3 is 9.52 Å². The molecule has 21 heavy (non-hydrogen) atoms. The van der Waals surface area contributed by atoms with E-state index in [0.29, 0.717) is 13.1 Å². The maximum atomic E-state index is 11.1. The highest BCUT2D eigenvalue weighted by Gasteiger charge is 2.25. The number of likely N-dealkylation sites (tertiary alicyclic amines) is 1. The Bertz CT molecular complexity index is 606. The second-order valence-corrected chi connectivity index (χ2v) is 5.54. The van der Waals surface area contributed by atoms with E-state index in [0.717, 1.165) is 36.5 Å². The standard InChI is InChI=1S/C17H19NO3/c19-17(20)14-7-4-10-18(11-14)12-15-8-9-16(21-15)13-5-2-1-3-6-13/h1-3,5-6,8-9,14H,4,7,10-12H2,(H,19,20). The van der Waals surface area contributed by atoms with E-state index in [4.69, 9.17) is 9.52 Å². The SMILES string of the molecule is O=C(O)C1CCCN(Cc2ccc(-c3ccccc3)o2)C1. The van der Waals surface area contributed by atoms with Gasteiger partial charge in [0.25, 0.3) is 0 Å². The van der Waals surface area contributed by atoms with Crippen LogP contribution in [0.2, 0.25) is 0 Å². The molecule has 1 fully saturated rings. The van der Waals surface area contributed by atoms with Crippen molar-refractivity contribution in [3.63, 3.8) is 0 Å². The predicted molar refractivity (Wildman–Crippen MR) is 79.8 cm³/mol. The molecule has 0 spiro atoms. The molecule has 1 atom stereocenters. The highest BCUT2D eigenvalue weighted by atomic mass is 16.4. The van der Waals surface area contributed by atoms with Crippen molar-refractivity contribution in [3.8, 4) is 11.3 Å². The summed E-state index contributed by atoms with van der Waals surface area (Å²) in [4.78, 5) is 13.3. The van der Waals surface area contributed by atoms with Crippen LogP contribution in [-0.2, 0) is 11.3 Å². The highest BCUT2D eigenvalue weighted by Crippen LogP contribution is 2.24. The van der Waals surface area contributed by atoms with Crippen LogP contribution in [0.1, 0.15) is 18.6 Å². The minimum atomic E-state index is -0.691. The number of piperidine rings is 1. The molecule has 110 valence electrons. The third kappa shape index (κ3) is 3.34. The van der Waals surface area contributed by atoms with E-state index < -0.39 is 5.97 Å². The quantitative estimate of drug-likeness (QED) is 0.937. The van der Waals surface area contributed by atoms with Gasteiger partial charge in [0.05, 0.1) is 12.5 Å². The van der Waals surface area contributed by atoms with Gasteiger partial charge in [0, 0.05) is 12.1 Å². The first kappa shape index (κ1) is 13.9. The summed E-state index contributed by atoms with van der Waals surface area (Å²) in [6.07, 6.45) is 1.71. The minimum absolute atomic E-state index is 0.248. The van der Waals surface area contributed by atoms with Gasteiger partial charge in [0.15, 0.2) is 0 Å². The van der Waals surface area contributed by atoms with Gasteiger partial charge >= 0.3 is 5.97 Å². The largest absolute Gasteiger partial charge is 0.481 e. The Morgan fingerprint density at radius 3 is 2.81 bits per heavy atom. The van der Waals surface area contributed by atoms with E-state index in [2.05, 4.69) is 4.90 Å². The molecule has 1 aliphatic heterocycles. The van der Waals surface area contributed by atoms with Crippen LogP contribution in [0.5, 0.6) is 0 Å². The lowest BCUT2D eigenvalue weighted by atomic mass is 9.98. The van der Waals surface area contributed by atoms with E-state index >= 15 is 0 Å². The van der Waals surface area contributed by atoms with Gasteiger partial charge in [-0.3, -0.25) is 9.69 Å². The topological polar surface area (TPSA) is 53.7 Å². The van der Waals surface area contributed by atoms with Crippen LogP contribution in [-0.4, -0.2) is 29.1 Å². The number of rotatable bonds is 4. The minimum Gasteiger partial charge on any atom is -0.481 e. The molecule has 1 N–H and O–H groups in total. The van der Waals surface area contributed by atoms with E-state index in [-0.39, 0.29) is 5.92 Å². The molecule has 3 rings (SSSR count). The molecule has 1 saturated heterocycles. The molecular weight excluding hydrogens is 266 g/mol. The average molecular weight is 285 g/mol. The number of hydrogen-bond acceptors (Lipinski definition) is 3. The van der Waals surface area contributed by atoms with Crippen LogP contribution >= 0.6 is 0 Å². The second-order valence-electron chi connectivity index (χ2n) is 5.54. The molecule has 0 aliphatic carbocycles. The fourth-order valence-electron chi connectivity index (χ4n) is 2.84. The monoisotopic (exact) mass is 285 g/mol. The van der Waals surface area contributed by atoms with E-state index in [1.54, 1.807) is 0 Å². The first-order valence-corrected chi connectivity index (χ1v) is 7.31. The number of hydrogen-bond donors (Lipinski definition) is 1. The lowest BCUT2D eigenvalue weighted by molar-refractivity contribution is -0.143. The van der Waals surface area contributed by atoms with Crippen molar-refractivity contribution in [2.45, 2.75) is 19.4 Å². The molecule has 0 bridgehead atoms. The Kier molecular flexibility index (Phi) is 4.06. The molecule has 1 aromatic heterocycles. The molecule has 4 heteroatoms. The van der Waals surface area contributed by atoms with Gasteiger partial charge in [-0.15, -0.1) is 0 Å². The van der Waals surface area contributed by atoms with E-state index in [9.17, 15) is 4.79 Å². The number of carbonyl (C=O) groups is 1. The Labute approximate surface area is 124 Å². The number of nitrogens with zero attached hydrogens (tertiary/aromatic N) is 1. The molecule has 0 amide bonds. The van der Waals surface area contributed by atoms with Crippen LogP contribution < -0.4 is 0 Å². The molecule has 2 aromatic rings. The van der Waals surface area contributed by atoms with Crippen LogP contribution in [0.3, 0.4) is 0 Å². The van der Waals surface area contributed by atoms with Crippen molar-refractivity contribution >= 4 is 5.97 Å². The van der Waals surface area contributed by atoms with Gasteiger partial charge in [-0.1, -0.05) is 30.3 Å². The fourth-order valence-corrected chi connectivity index (χ4v) is 2.84. The first-order chi connectivity index (χ1) is 10.2. The van der Waals surface area contributed by atoms with Gasteiger partial charge in [0.2, 0.25) is 0 Å². The molecule has 1 aliphatic rings. The van der Waals surface area contributed by atoms with Crippen LogP contribution in [0.25, 0.3) is 11.3 Å².